The molecule has 0 saturated heterocycles. The molecule has 0 saturated carbocycles. The second-order valence-electron chi connectivity index (χ2n) is 16.5. The van der Waals surface area contributed by atoms with Crippen LogP contribution in [0.1, 0.15) is 0 Å². The van der Waals surface area contributed by atoms with E-state index in [9.17, 15) is 0 Å². The zero-order valence-corrected chi connectivity index (χ0v) is 34.8. The molecule has 300 valence electrons. The lowest BCUT2D eigenvalue weighted by molar-refractivity contribution is 0.669. The molecule has 0 N–H and O–H groups in total. The molecule has 0 unspecified atom stereocenters. The van der Waals surface area contributed by atoms with Crippen LogP contribution in [0.15, 0.2) is 241 Å². The van der Waals surface area contributed by atoms with Crippen LogP contribution in [0.5, 0.6) is 0 Å². The molecule has 0 aliphatic heterocycles. The molecule has 0 amide bonds. The van der Waals surface area contributed by atoms with E-state index in [1.165, 1.54) is 49.2 Å². The summed E-state index contributed by atoms with van der Waals surface area (Å²) in [7, 11) is 0. The highest BCUT2D eigenvalue weighted by molar-refractivity contribution is 6.11. The third-order valence-corrected chi connectivity index (χ3v) is 12.9. The number of para-hydroxylation sites is 5. The number of benzene rings is 10. The fourth-order valence-electron chi connectivity index (χ4n) is 9.92. The van der Waals surface area contributed by atoms with E-state index in [1.54, 1.807) is 0 Å². The van der Waals surface area contributed by atoms with Gasteiger partial charge in [0.25, 0.3) is 0 Å². The fourth-order valence-corrected chi connectivity index (χ4v) is 9.92. The molecule has 0 spiro atoms. The quantitative estimate of drug-likeness (QED) is 0.160. The highest BCUT2D eigenvalue weighted by Gasteiger charge is 2.18. The Morgan fingerprint density at radius 1 is 0.266 bits per heavy atom. The van der Waals surface area contributed by atoms with Crippen molar-refractivity contribution in [3.63, 3.8) is 0 Å². The van der Waals surface area contributed by atoms with Gasteiger partial charge in [-0.1, -0.05) is 133 Å². The van der Waals surface area contributed by atoms with Gasteiger partial charge in [-0.2, -0.15) is 0 Å². The maximum Gasteiger partial charge on any atom is 0.135 e. The second kappa shape index (κ2) is 14.5. The molecule has 64 heavy (non-hydrogen) atoms. The minimum absolute atomic E-state index is 0.902. The number of fused-ring (bicyclic) bond motifs is 9. The monoisotopic (exact) mass is 817 g/mol. The molecule has 0 radical (unpaired) electrons. The summed E-state index contributed by atoms with van der Waals surface area (Å²) in [6, 6.07) is 85.2. The van der Waals surface area contributed by atoms with Gasteiger partial charge >= 0.3 is 0 Å². The van der Waals surface area contributed by atoms with Gasteiger partial charge in [-0.25, -0.2) is 0 Å². The minimum atomic E-state index is 0.902. The molecule has 13 rings (SSSR count). The van der Waals surface area contributed by atoms with Gasteiger partial charge in [-0.05, 0) is 125 Å². The molecule has 0 aliphatic rings. The molecule has 3 aromatic heterocycles. The lowest BCUT2D eigenvalue weighted by atomic mass is 10.0. The molecular weight excluding hydrogens is 779 g/mol. The first-order chi connectivity index (χ1) is 31.7. The van der Waals surface area contributed by atoms with Crippen LogP contribution in [0.25, 0.3) is 99.2 Å². The molecule has 10 aromatic carbocycles. The Morgan fingerprint density at radius 2 is 0.672 bits per heavy atom. The summed E-state index contributed by atoms with van der Waals surface area (Å²) in [6.07, 6.45) is 0. The first-order valence-electron chi connectivity index (χ1n) is 21.8. The maximum absolute atomic E-state index is 6.15. The van der Waals surface area contributed by atoms with Crippen molar-refractivity contribution in [3.8, 4) is 33.6 Å². The highest BCUT2D eigenvalue weighted by Crippen LogP contribution is 2.41. The van der Waals surface area contributed by atoms with Crippen molar-refractivity contribution < 1.29 is 4.42 Å². The van der Waals surface area contributed by atoms with Gasteiger partial charge in [0.15, 0.2) is 0 Å². The van der Waals surface area contributed by atoms with Crippen LogP contribution in [-0.4, -0.2) is 9.13 Å². The Balaban J connectivity index is 0.907. The van der Waals surface area contributed by atoms with Crippen molar-refractivity contribution in [1.82, 2.24) is 9.13 Å². The smallest absolute Gasteiger partial charge is 0.135 e. The van der Waals surface area contributed by atoms with E-state index in [0.717, 1.165) is 67.1 Å². The molecule has 4 nitrogen and oxygen atoms in total. The van der Waals surface area contributed by atoms with E-state index < -0.39 is 0 Å². The average Bonchev–Trinajstić information content (AvgIpc) is 4.02. The van der Waals surface area contributed by atoms with Gasteiger partial charge < -0.3 is 18.5 Å². The van der Waals surface area contributed by atoms with Gasteiger partial charge in [0.2, 0.25) is 0 Å². The van der Waals surface area contributed by atoms with Crippen molar-refractivity contribution in [2.45, 2.75) is 0 Å². The lowest BCUT2D eigenvalue weighted by Crippen LogP contribution is -2.10. The predicted octanol–water partition coefficient (Wildman–Crippen LogP) is 16.6. The Labute approximate surface area is 369 Å². The third kappa shape index (κ3) is 5.77. The van der Waals surface area contributed by atoms with Gasteiger partial charge in [-0.3, -0.25) is 0 Å². The van der Waals surface area contributed by atoms with Crippen LogP contribution in [-0.2, 0) is 0 Å². The van der Waals surface area contributed by atoms with E-state index in [2.05, 4.69) is 238 Å². The average molecular weight is 818 g/mol. The van der Waals surface area contributed by atoms with Crippen molar-refractivity contribution in [3.05, 3.63) is 237 Å². The normalized spacial score (nSPS) is 11.8. The number of hydrogen-bond donors (Lipinski definition) is 0. The van der Waals surface area contributed by atoms with Crippen molar-refractivity contribution in [1.29, 1.82) is 0 Å². The lowest BCUT2D eigenvalue weighted by Gasteiger charge is -2.26. The van der Waals surface area contributed by atoms with Crippen molar-refractivity contribution in [2.75, 3.05) is 4.90 Å². The van der Waals surface area contributed by atoms with Gasteiger partial charge in [0.05, 0.1) is 22.1 Å². The van der Waals surface area contributed by atoms with Gasteiger partial charge in [0.1, 0.15) is 11.2 Å². The Bertz CT molecular complexity index is 3820. The topological polar surface area (TPSA) is 26.2 Å². The number of furan rings is 1. The van der Waals surface area contributed by atoms with E-state index >= 15 is 0 Å². The highest BCUT2D eigenvalue weighted by atomic mass is 16.3. The van der Waals surface area contributed by atoms with E-state index in [4.69, 9.17) is 4.42 Å². The number of anilines is 3. The van der Waals surface area contributed by atoms with Crippen LogP contribution in [0.2, 0.25) is 0 Å². The fraction of sp³-hybridized carbons (Fsp3) is 0. The number of hydrogen-bond acceptors (Lipinski definition) is 2. The zero-order chi connectivity index (χ0) is 42.1. The number of nitrogens with zero attached hydrogens (tertiary/aromatic N) is 3. The molecule has 4 heteroatoms. The molecule has 0 bridgehead atoms. The molecular formula is C60H39N3O. The van der Waals surface area contributed by atoms with Crippen LogP contribution in [0, 0.1) is 0 Å². The predicted molar refractivity (Wildman–Crippen MR) is 268 cm³/mol. The van der Waals surface area contributed by atoms with E-state index in [-0.39, 0.29) is 0 Å². The molecule has 0 fully saturated rings. The summed E-state index contributed by atoms with van der Waals surface area (Å²) in [5, 5.41) is 7.27. The summed E-state index contributed by atoms with van der Waals surface area (Å²) in [6.45, 7) is 0. The number of aromatic nitrogens is 2. The summed E-state index contributed by atoms with van der Waals surface area (Å²) in [4.78, 5) is 2.35. The second-order valence-corrected chi connectivity index (χ2v) is 16.5. The molecule has 13 aromatic rings. The number of rotatable bonds is 7. The standard InChI is InChI=1S/C60H39N3O/c1-2-12-44(13-3-1)63-57-20-10-6-16-51(57)52-36-26-43(39-58(52)63)41-24-30-46(31-25-41)61(45-28-22-40(23-29-45)42-27-37-60-54(38-42)53-17-7-11-21-59(53)64-60)47-32-34-48(35-33-47)62-55-18-8-4-14-49(55)50-15-5-9-19-56(50)62/h1-39H. The SMILES string of the molecule is c1ccc(-n2c3ccccc3c3ccc(-c4ccc(N(c5ccc(-c6ccc7oc8ccccc8c7c6)cc5)c5ccc(-n6c7ccccc7c7ccccc76)cc5)cc4)cc32)cc1. The van der Waals surface area contributed by atoms with Crippen LogP contribution in [0.4, 0.5) is 17.1 Å². The van der Waals surface area contributed by atoms with Gasteiger partial charge in [0, 0.05) is 60.8 Å². The summed E-state index contributed by atoms with van der Waals surface area (Å²) >= 11 is 0. The van der Waals surface area contributed by atoms with E-state index in [0.29, 0.717) is 0 Å². The first kappa shape index (κ1) is 36.1. The molecule has 0 atom stereocenters. The van der Waals surface area contributed by atoms with Crippen molar-refractivity contribution in [2.24, 2.45) is 0 Å². The first-order valence-corrected chi connectivity index (χ1v) is 21.8. The van der Waals surface area contributed by atoms with Crippen molar-refractivity contribution >= 4 is 82.6 Å². The van der Waals surface area contributed by atoms with Crippen LogP contribution >= 0.6 is 0 Å². The summed E-state index contributed by atoms with van der Waals surface area (Å²) < 4.78 is 10.9. The summed E-state index contributed by atoms with van der Waals surface area (Å²) in [5.41, 5.74) is 16.7. The van der Waals surface area contributed by atoms with Crippen LogP contribution in [0.3, 0.4) is 0 Å². The zero-order valence-electron chi connectivity index (χ0n) is 34.8. The Hall–Kier alpha value is -8.60. The minimum Gasteiger partial charge on any atom is -0.456 e. The largest absolute Gasteiger partial charge is 0.456 e. The maximum atomic E-state index is 6.15. The molecule has 0 aliphatic carbocycles. The summed E-state index contributed by atoms with van der Waals surface area (Å²) in [5.74, 6) is 0. The van der Waals surface area contributed by atoms with Crippen LogP contribution < -0.4 is 4.90 Å². The third-order valence-electron chi connectivity index (χ3n) is 12.9. The Kier molecular flexibility index (Phi) is 8.18. The van der Waals surface area contributed by atoms with Gasteiger partial charge in [-0.15, -0.1) is 0 Å². The molecule has 3 heterocycles. The van der Waals surface area contributed by atoms with E-state index in [1.807, 2.05) is 12.1 Å². The Morgan fingerprint density at radius 3 is 1.27 bits per heavy atom.